The first-order valence-corrected chi connectivity index (χ1v) is 7.24. The van der Waals surface area contributed by atoms with Crippen LogP contribution >= 0.6 is 0 Å². The van der Waals surface area contributed by atoms with E-state index in [0.29, 0.717) is 29.8 Å². The van der Waals surface area contributed by atoms with E-state index in [1.807, 2.05) is 0 Å². The molecular formula is C14H24N2O. The van der Waals surface area contributed by atoms with Gasteiger partial charge in [0, 0.05) is 31.6 Å². The second-order valence-corrected chi connectivity index (χ2v) is 6.41. The third-order valence-electron chi connectivity index (χ3n) is 4.81. The number of piperidine rings is 1. The molecule has 0 radical (unpaired) electrons. The van der Waals surface area contributed by atoms with Gasteiger partial charge in [0.25, 0.3) is 0 Å². The van der Waals surface area contributed by atoms with Gasteiger partial charge in [0.2, 0.25) is 5.91 Å². The standard InChI is InChI=1S/C14H24N2O/c1-10-4-5-16(9-10)14(17)8-11-6-12-2-3-13(7-11)15-12/h10-13,15H,2-9H2,1H3. The van der Waals surface area contributed by atoms with Crippen LogP contribution in [0.15, 0.2) is 0 Å². The second-order valence-electron chi connectivity index (χ2n) is 6.41. The summed E-state index contributed by atoms with van der Waals surface area (Å²) in [4.78, 5) is 14.3. The van der Waals surface area contributed by atoms with Crippen molar-refractivity contribution in [2.75, 3.05) is 13.1 Å². The summed E-state index contributed by atoms with van der Waals surface area (Å²) >= 11 is 0. The number of amides is 1. The van der Waals surface area contributed by atoms with E-state index in [4.69, 9.17) is 0 Å². The van der Waals surface area contributed by atoms with Crippen molar-refractivity contribution >= 4 is 5.91 Å². The lowest BCUT2D eigenvalue weighted by atomic mass is 9.89. The van der Waals surface area contributed by atoms with Crippen LogP contribution in [0.1, 0.15) is 45.4 Å². The summed E-state index contributed by atoms with van der Waals surface area (Å²) in [6.45, 7) is 4.24. The molecule has 3 aliphatic heterocycles. The van der Waals surface area contributed by atoms with E-state index in [1.54, 1.807) is 0 Å². The number of rotatable bonds is 2. The molecule has 3 atom stereocenters. The molecule has 2 bridgehead atoms. The molecule has 3 aliphatic rings. The van der Waals surface area contributed by atoms with Gasteiger partial charge in [0.05, 0.1) is 0 Å². The number of nitrogens with zero attached hydrogens (tertiary/aromatic N) is 1. The Morgan fingerprint density at radius 1 is 1.24 bits per heavy atom. The Morgan fingerprint density at radius 2 is 1.94 bits per heavy atom. The van der Waals surface area contributed by atoms with Gasteiger partial charge in [-0.05, 0) is 43.9 Å². The van der Waals surface area contributed by atoms with Crippen molar-refractivity contribution in [3.8, 4) is 0 Å². The highest BCUT2D eigenvalue weighted by molar-refractivity contribution is 5.76. The lowest BCUT2D eigenvalue weighted by Crippen LogP contribution is -2.40. The van der Waals surface area contributed by atoms with Crippen LogP contribution < -0.4 is 5.32 Å². The van der Waals surface area contributed by atoms with Gasteiger partial charge in [-0.15, -0.1) is 0 Å². The van der Waals surface area contributed by atoms with E-state index in [2.05, 4.69) is 17.1 Å². The number of carbonyl (C=O) groups is 1. The largest absolute Gasteiger partial charge is 0.342 e. The van der Waals surface area contributed by atoms with Gasteiger partial charge in [-0.3, -0.25) is 4.79 Å². The SMILES string of the molecule is CC1CCN(C(=O)CC2CC3CCC(C2)N3)C1. The number of likely N-dealkylation sites (tertiary alicyclic amines) is 1. The molecule has 3 heteroatoms. The van der Waals surface area contributed by atoms with Crippen LogP contribution in [-0.4, -0.2) is 36.0 Å². The zero-order valence-corrected chi connectivity index (χ0v) is 10.8. The summed E-state index contributed by atoms with van der Waals surface area (Å²) in [5.74, 6) is 1.78. The van der Waals surface area contributed by atoms with Crippen LogP contribution in [0, 0.1) is 11.8 Å². The minimum atomic E-state index is 0.417. The highest BCUT2D eigenvalue weighted by atomic mass is 16.2. The summed E-state index contributed by atoms with van der Waals surface area (Å²) in [5.41, 5.74) is 0. The van der Waals surface area contributed by atoms with Crippen LogP contribution in [0.5, 0.6) is 0 Å². The molecule has 3 rings (SSSR count). The van der Waals surface area contributed by atoms with Crippen LogP contribution in [0.25, 0.3) is 0 Å². The fourth-order valence-electron chi connectivity index (χ4n) is 3.88. The Kier molecular flexibility index (Phi) is 3.12. The van der Waals surface area contributed by atoms with Crippen LogP contribution in [0.2, 0.25) is 0 Å². The summed E-state index contributed by atoms with van der Waals surface area (Å²) in [5, 5.41) is 3.65. The van der Waals surface area contributed by atoms with Gasteiger partial charge >= 0.3 is 0 Å². The number of nitrogens with one attached hydrogen (secondary N) is 1. The van der Waals surface area contributed by atoms with Gasteiger partial charge in [0.1, 0.15) is 0 Å². The van der Waals surface area contributed by atoms with E-state index >= 15 is 0 Å². The van der Waals surface area contributed by atoms with Gasteiger partial charge in [-0.25, -0.2) is 0 Å². The van der Waals surface area contributed by atoms with Crippen molar-refractivity contribution in [3.05, 3.63) is 0 Å². The molecule has 1 amide bonds. The molecule has 96 valence electrons. The quantitative estimate of drug-likeness (QED) is 0.792. The zero-order valence-electron chi connectivity index (χ0n) is 10.8. The maximum Gasteiger partial charge on any atom is 0.222 e. The lowest BCUT2D eigenvalue weighted by molar-refractivity contribution is -0.131. The van der Waals surface area contributed by atoms with E-state index in [9.17, 15) is 4.79 Å². The molecule has 3 heterocycles. The first-order valence-electron chi connectivity index (χ1n) is 7.24. The Labute approximate surface area is 104 Å². The average molecular weight is 236 g/mol. The summed E-state index contributed by atoms with van der Waals surface area (Å²) in [7, 11) is 0. The van der Waals surface area contributed by atoms with Gasteiger partial charge in [-0.2, -0.15) is 0 Å². The molecule has 3 unspecified atom stereocenters. The molecule has 3 nitrogen and oxygen atoms in total. The topological polar surface area (TPSA) is 32.3 Å². The molecule has 1 N–H and O–H groups in total. The number of hydrogen-bond donors (Lipinski definition) is 1. The molecule has 0 aromatic heterocycles. The lowest BCUT2D eigenvalue weighted by Gasteiger charge is -2.29. The molecule has 3 saturated heterocycles. The Bertz CT molecular complexity index is 293. The molecule has 0 aliphatic carbocycles. The number of hydrogen-bond acceptors (Lipinski definition) is 2. The van der Waals surface area contributed by atoms with Crippen molar-refractivity contribution in [2.24, 2.45) is 11.8 Å². The number of carbonyl (C=O) groups excluding carboxylic acids is 1. The Morgan fingerprint density at radius 3 is 2.53 bits per heavy atom. The monoisotopic (exact) mass is 236 g/mol. The van der Waals surface area contributed by atoms with E-state index in [1.165, 1.54) is 32.1 Å². The van der Waals surface area contributed by atoms with Crippen molar-refractivity contribution in [1.29, 1.82) is 0 Å². The predicted molar refractivity (Wildman–Crippen MR) is 67.6 cm³/mol. The van der Waals surface area contributed by atoms with E-state index in [0.717, 1.165) is 19.5 Å². The van der Waals surface area contributed by atoms with E-state index in [-0.39, 0.29) is 0 Å². The van der Waals surface area contributed by atoms with E-state index < -0.39 is 0 Å². The van der Waals surface area contributed by atoms with Crippen LogP contribution in [0.3, 0.4) is 0 Å². The molecule has 0 spiro atoms. The molecule has 3 fully saturated rings. The van der Waals surface area contributed by atoms with Crippen molar-refractivity contribution in [2.45, 2.75) is 57.5 Å². The smallest absolute Gasteiger partial charge is 0.222 e. The molecule has 0 aromatic rings. The zero-order chi connectivity index (χ0) is 11.8. The van der Waals surface area contributed by atoms with Gasteiger partial charge in [0.15, 0.2) is 0 Å². The first-order chi connectivity index (χ1) is 8.20. The Balaban J connectivity index is 1.51. The number of fused-ring (bicyclic) bond motifs is 2. The molecule has 17 heavy (non-hydrogen) atoms. The molecule has 0 saturated carbocycles. The average Bonchev–Trinajstić information content (AvgIpc) is 2.85. The third-order valence-corrected chi connectivity index (χ3v) is 4.81. The maximum absolute atomic E-state index is 12.2. The minimum absolute atomic E-state index is 0.417. The van der Waals surface area contributed by atoms with Crippen LogP contribution in [-0.2, 0) is 4.79 Å². The van der Waals surface area contributed by atoms with Crippen molar-refractivity contribution in [1.82, 2.24) is 10.2 Å². The van der Waals surface area contributed by atoms with Crippen molar-refractivity contribution in [3.63, 3.8) is 0 Å². The second kappa shape index (κ2) is 4.60. The fourth-order valence-corrected chi connectivity index (χ4v) is 3.88. The maximum atomic E-state index is 12.2. The summed E-state index contributed by atoms with van der Waals surface area (Å²) < 4.78 is 0. The molecular weight excluding hydrogens is 212 g/mol. The summed E-state index contributed by atoms with van der Waals surface area (Å²) in [6, 6.07) is 1.42. The highest BCUT2D eigenvalue weighted by Crippen LogP contribution is 2.33. The first kappa shape index (κ1) is 11.5. The predicted octanol–water partition coefficient (Wildman–Crippen LogP) is 1.78. The normalized spacial score (nSPS) is 40.9. The van der Waals surface area contributed by atoms with Crippen LogP contribution in [0.4, 0.5) is 0 Å². The third kappa shape index (κ3) is 2.49. The summed E-state index contributed by atoms with van der Waals surface area (Å²) in [6.07, 6.45) is 7.12. The van der Waals surface area contributed by atoms with Gasteiger partial charge in [-0.1, -0.05) is 6.92 Å². The van der Waals surface area contributed by atoms with Crippen molar-refractivity contribution < 1.29 is 4.79 Å². The van der Waals surface area contributed by atoms with Gasteiger partial charge < -0.3 is 10.2 Å². The minimum Gasteiger partial charge on any atom is -0.342 e. The molecule has 0 aromatic carbocycles. The highest BCUT2D eigenvalue weighted by Gasteiger charge is 2.35. The Hall–Kier alpha value is -0.570. The fraction of sp³-hybridized carbons (Fsp3) is 0.929.